The summed E-state index contributed by atoms with van der Waals surface area (Å²) >= 11 is 9.28. The molecule has 0 fully saturated rings. The number of nitrogens with zero attached hydrogens (tertiary/aromatic N) is 1. The van der Waals surface area contributed by atoms with Crippen molar-refractivity contribution in [1.29, 1.82) is 0 Å². The van der Waals surface area contributed by atoms with Crippen molar-refractivity contribution in [3.63, 3.8) is 0 Å². The third-order valence-corrected chi connectivity index (χ3v) is 4.01. The molecule has 0 bridgehead atoms. The van der Waals surface area contributed by atoms with E-state index < -0.39 is 11.7 Å². The van der Waals surface area contributed by atoms with E-state index in [4.69, 9.17) is 11.6 Å². The van der Waals surface area contributed by atoms with Gasteiger partial charge in [0, 0.05) is 10.0 Å². The van der Waals surface area contributed by atoms with Gasteiger partial charge >= 0.3 is 6.18 Å². The molecule has 3 rings (SSSR count). The van der Waals surface area contributed by atoms with Crippen molar-refractivity contribution >= 4 is 38.6 Å². The number of hydrogen-bond donors (Lipinski definition) is 1. The number of benzene rings is 2. The molecule has 21 heavy (non-hydrogen) atoms. The summed E-state index contributed by atoms with van der Waals surface area (Å²) in [7, 11) is 0. The number of para-hydroxylation sites is 1. The lowest BCUT2D eigenvalue weighted by molar-refractivity contribution is -0.137. The van der Waals surface area contributed by atoms with Gasteiger partial charge in [0.15, 0.2) is 0 Å². The Morgan fingerprint density at radius 1 is 1.14 bits per heavy atom. The molecule has 0 radical (unpaired) electrons. The Bertz CT molecular complexity index is 827. The van der Waals surface area contributed by atoms with E-state index in [1.165, 1.54) is 6.07 Å². The highest BCUT2D eigenvalue weighted by atomic mass is 79.9. The van der Waals surface area contributed by atoms with E-state index in [2.05, 4.69) is 25.9 Å². The quantitative estimate of drug-likeness (QED) is 0.584. The fourth-order valence-electron chi connectivity index (χ4n) is 2.01. The van der Waals surface area contributed by atoms with Crippen molar-refractivity contribution < 1.29 is 13.2 Å². The van der Waals surface area contributed by atoms with E-state index in [0.29, 0.717) is 31.9 Å². The second kappa shape index (κ2) is 5.03. The first kappa shape index (κ1) is 14.4. The molecule has 1 N–H and O–H groups in total. The van der Waals surface area contributed by atoms with Gasteiger partial charge in [0.2, 0.25) is 0 Å². The van der Waals surface area contributed by atoms with Crippen molar-refractivity contribution in [1.82, 2.24) is 9.97 Å². The molecule has 0 spiro atoms. The molecule has 1 heterocycles. The first-order valence-electron chi connectivity index (χ1n) is 5.87. The number of hydrogen-bond acceptors (Lipinski definition) is 1. The van der Waals surface area contributed by atoms with Crippen molar-refractivity contribution in [2.45, 2.75) is 6.18 Å². The van der Waals surface area contributed by atoms with E-state index in [1.54, 1.807) is 18.2 Å². The van der Waals surface area contributed by atoms with E-state index in [-0.39, 0.29) is 0 Å². The molecule has 0 unspecified atom stereocenters. The van der Waals surface area contributed by atoms with Crippen LogP contribution in [0.4, 0.5) is 13.2 Å². The maximum atomic E-state index is 12.8. The second-order valence-corrected chi connectivity index (χ2v) is 5.68. The predicted octanol–water partition coefficient (Wildman–Crippen LogP) is 5.66. The highest BCUT2D eigenvalue weighted by molar-refractivity contribution is 9.10. The maximum absolute atomic E-state index is 12.8. The summed E-state index contributed by atoms with van der Waals surface area (Å²) in [6, 6.07) is 8.61. The predicted molar refractivity (Wildman–Crippen MR) is 79.2 cm³/mol. The third-order valence-electron chi connectivity index (χ3n) is 3.01. The Kier molecular flexibility index (Phi) is 3.45. The number of alkyl halides is 3. The molecule has 7 heteroatoms. The average Bonchev–Trinajstić information content (AvgIpc) is 2.83. The molecule has 0 aliphatic heterocycles. The zero-order valence-corrected chi connectivity index (χ0v) is 12.6. The third kappa shape index (κ3) is 2.65. The number of nitrogens with one attached hydrogen (secondary N) is 1. The first-order chi connectivity index (χ1) is 9.86. The maximum Gasteiger partial charge on any atom is 0.416 e. The molecule has 0 aliphatic rings. The average molecular weight is 376 g/mol. The van der Waals surface area contributed by atoms with Gasteiger partial charge in [-0.15, -0.1) is 0 Å². The summed E-state index contributed by atoms with van der Waals surface area (Å²) in [5.74, 6) is 0.330. The van der Waals surface area contributed by atoms with Crippen LogP contribution in [0.3, 0.4) is 0 Å². The largest absolute Gasteiger partial charge is 0.416 e. The van der Waals surface area contributed by atoms with Gasteiger partial charge in [-0.25, -0.2) is 4.98 Å². The van der Waals surface area contributed by atoms with Crippen LogP contribution in [0, 0.1) is 0 Å². The van der Waals surface area contributed by atoms with Crippen LogP contribution in [-0.4, -0.2) is 9.97 Å². The summed E-state index contributed by atoms with van der Waals surface area (Å²) in [6.45, 7) is 0. The van der Waals surface area contributed by atoms with Gasteiger partial charge in [-0.05, 0) is 30.3 Å². The Labute approximate surface area is 131 Å². The topological polar surface area (TPSA) is 28.7 Å². The fourth-order valence-corrected chi connectivity index (χ4v) is 2.66. The van der Waals surface area contributed by atoms with Crippen LogP contribution in [0.5, 0.6) is 0 Å². The number of halogens is 5. The second-order valence-electron chi connectivity index (χ2n) is 4.41. The van der Waals surface area contributed by atoms with Gasteiger partial charge in [0.05, 0.1) is 16.1 Å². The van der Waals surface area contributed by atoms with Crippen LogP contribution in [0.1, 0.15) is 5.56 Å². The lowest BCUT2D eigenvalue weighted by atomic mass is 10.1. The van der Waals surface area contributed by atoms with Crippen molar-refractivity contribution in [3.05, 3.63) is 51.5 Å². The molecule has 0 atom stereocenters. The fraction of sp³-hybridized carbons (Fsp3) is 0.0714. The molecule has 0 saturated carbocycles. The van der Waals surface area contributed by atoms with Crippen molar-refractivity contribution in [2.24, 2.45) is 0 Å². The standard InChI is InChI=1S/C14H7BrClF3N2/c15-9-5-4-7(14(17,18)19)6-8(9)13-20-11-3-1-2-10(16)12(11)21-13/h1-6H,(H,20,21). The summed E-state index contributed by atoms with van der Waals surface area (Å²) in [5.41, 5.74) is 0.796. The van der Waals surface area contributed by atoms with Crippen LogP contribution in [0.15, 0.2) is 40.9 Å². The van der Waals surface area contributed by atoms with Crippen LogP contribution in [-0.2, 0) is 6.18 Å². The Morgan fingerprint density at radius 2 is 1.90 bits per heavy atom. The smallest absolute Gasteiger partial charge is 0.338 e. The number of fused-ring (bicyclic) bond motifs is 1. The van der Waals surface area contributed by atoms with Crippen molar-refractivity contribution in [3.8, 4) is 11.4 Å². The molecule has 2 nitrogen and oxygen atoms in total. The van der Waals surface area contributed by atoms with E-state index in [9.17, 15) is 13.2 Å². The summed E-state index contributed by atoms with van der Waals surface area (Å²) < 4.78 is 39.0. The van der Waals surface area contributed by atoms with Crippen LogP contribution in [0.25, 0.3) is 22.4 Å². The molecular weight excluding hydrogens is 369 g/mol. The molecular formula is C14H7BrClF3N2. The molecule has 1 aromatic heterocycles. The lowest BCUT2D eigenvalue weighted by Gasteiger charge is -2.09. The lowest BCUT2D eigenvalue weighted by Crippen LogP contribution is -2.05. The minimum Gasteiger partial charge on any atom is -0.338 e. The van der Waals surface area contributed by atoms with Gasteiger partial charge in [-0.2, -0.15) is 13.2 Å². The number of aromatic nitrogens is 2. The Morgan fingerprint density at radius 3 is 2.57 bits per heavy atom. The molecule has 3 aromatic rings. The van der Waals surface area contributed by atoms with Crippen LogP contribution < -0.4 is 0 Å². The van der Waals surface area contributed by atoms with Crippen LogP contribution in [0.2, 0.25) is 5.02 Å². The molecule has 108 valence electrons. The minimum absolute atomic E-state index is 0.330. The summed E-state index contributed by atoms with van der Waals surface area (Å²) in [4.78, 5) is 7.26. The number of rotatable bonds is 1. The summed E-state index contributed by atoms with van der Waals surface area (Å²) in [6.07, 6.45) is -4.40. The summed E-state index contributed by atoms with van der Waals surface area (Å²) in [5, 5.41) is 0.443. The Hall–Kier alpha value is -1.53. The van der Waals surface area contributed by atoms with Gasteiger partial charge in [0.25, 0.3) is 0 Å². The molecule has 0 aliphatic carbocycles. The zero-order valence-electron chi connectivity index (χ0n) is 10.3. The Balaban J connectivity index is 2.20. The van der Waals surface area contributed by atoms with Gasteiger partial charge in [-0.1, -0.05) is 33.6 Å². The first-order valence-corrected chi connectivity index (χ1v) is 7.05. The zero-order chi connectivity index (χ0) is 15.2. The van der Waals surface area contributed by atoms with Gasteiger partial charge in [-0.3, -0.25) is 0 Å². The van der Waals surface area contributed by atoms with Gasteiger partial charge in [0.1, 0.15) is 11.3 Å². The monoisotopic (exact) mass is 374 g/mol. The SMILES string of the molecule is FC(F)(F)c1ccc(Br)c(-c2nc3c(Cl)cccc3[nH]2)c1. The highest BCUT2D eigenvalue weighted by Gasteiger charge is 2.31. The van der Waals surface area contributed by atoms with E-state index >= 15 is 0 Å². The highest BCUT2D eigenvalue weighted by Crippen LogP contribution is 2.36. The number of imidazole rings is 1. The molecule has 0 saturated heterocycles. The van der Waals surface area contributed by atoms with E-state index in [1.807, 2.05) is 0 Å². The van der Waals surface area contributed by atoms with Crippen molar-refractivity contribution in [2.75, 3.05) is 0 Å². The number of aromatic amines is 1. The van der Waals surface area contributed by atoms with E-state index in [0.717, 1.165) is 12.1 Å². The number of H-pyrrole nitrogens is 1. The molecule has 2 aromatic carbocycles. The van der Waals surface area contributed by atoms with Gasteiger partial charge < -0.3 is 4.98 Å². The van der Waals surface area contributed by atoms with Crippen LogP contribution >= 0.6 is 27.5 Å². The minimum atomic E-state index is -4.40. The molecule has 0 amide bonds. The normalized spacial score (nSPS) is 12.0.